The molecule has 0 spiro atoms. The Kier molecular flexibility index (Phi) is 7.08. The molecule has 0 aliphatic carbocycles. The van der Waals surface area contributed by atoms with Crippen molar-refractivity contribution in [1.82, 2.24) is 10.2 Å². The van der Waals surface area contributed by atoms with E-state index in [0.717, 1.165) is 12.6 Å². The number of hydrogen-bond donors (Lipinski definition) is 1. The lowest BCUT2D eigenvalue weighted by molar-refractivity contribution is 0.182. The third kappa shape index (κ3) is 6.01. The standard InChI is InChI=1S/C18H30N2S/c1-15(2)19-14-16-7-6-9-18(13-16)21-12-10-17-8-4-5-11-20(17)3/h6-7,9,13,15,17,19H,4-5,8,10-12,14H2,1-3H3. The lowest BCUT2D eigenvalue weighted by Gasteiger charge is -2.32. The van der Waals surface area contributed by atoms with E-state index >= 15 is 0 Å². The fraction of sp³-hybridized carbons (Fsp3) is 0.667. The van der Waals surface area contributed by atoms with Crippen molar-refractivity contribution in [3.05, 3.63) is 29.8 Å². The Labute approximate surface area is 134 Å². The molecule has 1 atom stereocenters. The molecule has 1 N–H and O–H groups in total. The third-order valence-electron chi connectivity index (χ3n) is 4.25. The molecule has 1 aliphatic heterocycles. The summed E-state index contributed by atoms with van der Waals surface area (Å²) in [7, 11) is 2.28. The van der Waals surface area contributed by atoms with E-state index in [4.69, 9.17) is 0 Å². The van der Waals surface area contributed by atoms with Gasteiger partial charge in [0.15, 0.2) is 0 Å². The van der Waals surface area contributed by atoms with Crippen LogP contribution in [-0.2, 0) is 6.54 Å². The average Bonchev–Trinajstić information content (AvgIpc) is 2.48. The first kappa shape index (κ1) is 16.9. The van der Waals surface area contributed by atoms with Gasteiger partial charge in [0.25, 0.3) is 0 Å². The van der Waals surface area contributed by atoms with E-state index in [0.29, 0.717) is 6.04 Å². The van der Waals surface area contributed by atoms with Gasteiger partial charge in [-0.05, 0) is 56.3 Å². The zero-order valence-corrected chi connectivity index (χ0v) is 14.6. The van der Waals surface area contributed by atoms with Crippen LogP contribution in [0.25, 0.3) is 0 Å². The molecular weight excluding hydrogens is 276 g/mol. The van der Waals surface area contributed by atoms with Crippen LogP contribution >= 0.6 is 11.8 Å². The summed E-state index contributed by atoms with van der Waals surface area (Å²) in [6.07, 6.45) is 5.49. The zero-order valence-electron chi connectivity index (χ0n) is 13.8. The van der Waals surface area contributed by atoms with Crippen LogP contribution in [0.2, 0.25) is 0 Å². The van der Waals surface area contributed by atoms with Gasteiger partial charge in [-0.3, -0.25) is 0 Å². The highest BCUT2D eigenvalue weighted by atomic mass is 32.2. The Bertz CT molecular complexity index is 419. The lowest BCUT2D eigenvalue weighted by Crippen LogP contribution is -2.36. The van der Waals surface area contributed by atoms with Crippen LogP contribution in [0.1, 0.15) is 45.1 Å². The van der Waals surface area contributed by atoms with Crippen molar-refractivity contribution < 1.29 is 0 Å². The van der Waals surface area contributed by atoms with E-state index < -0.39 is 0 Å². The van der Waals surface area contributed by atoms with E-state index in [9.17, 15) is 0 Å². The molecule has 21 heavy (non-hydrogen) atoms. The van der Waals surface area contributed by atoms with Crippen LogP contribution < -0.4 is 5.32 Å². The van der Waals surface area contributed by atoms with Gasteiger partial charge in [-0.15, -0.1) is 11.8 Å². The second-order valence-corrected chi connectivity index (χ2v) is 7.62. The second-order valence-electron chi connectivity index (χ2n) is 6.45. The zero-order chi connectivity index (χ0) is 15.1. The molecule has 0 bridgehead atoms. The van der Waals surface area contributed by atoms with Crippen molar-refractivity contribution in [2.75, 3.05) is 19.3 Å². The molecule has 2 nitrogen and oxygen atoms in total. The quantitative estimate of drug-likeness (QED) is 0.762. The Morgan fingerprint density at radius 1 is 1.33 bits per heavy atom. The minimum absolute atomic E-state index is 0.545. The van der Waals surface area contributed by atoms with Crippen LogP contribution in [-0.4, -0.2) is 36.3 Å². The molecular formula is C18H30N2S. The van der Waals surface area contributed by atoms with Crippen molar-refractivity contribution >= 4 is 11.8 Å². The maximum Gasteiger partial charge on any atom is 0.0208 e. The summed E-state index contributed by atoms with van der Waals surface area (Å²) < 4.78 is 0. The SMILES string of the molecule is CC(C)NCc1cccc(SCCC2CCCCN2C)c1. The number of rotatable bonds is 7. The van der Waals surface area contributed by atoms with E-state index in [2.05, 4.69) is 55.4 Å². The van der Waals surface area contributed by atoms with E-state index in [1.807, 2.05) is 11.8 Å². The van der Waals surface area contributed by atoms with Crippen LogP contribution in [0.4, 0.5) is 0 Å². The fourth-order valence-electron chi connectivity index (χ4n) is 2.89. The first-order valence-corrected chi connectivity index (χ1v) is 9.29. The molecule has 3 heteroatoms. The minimum atomic E-state index is 0.545. The minimum Gasteiger partial charge on any atom is -0.310 e. The number of piperidine rings is 1. The largest absolute Gasteiger partial charge is 0.310 e. The fourth-order valence-corrected chi connectivity index (χ4v) is 3.92. The molecule has 1 heterocycles. The highest BCUT2D eigenvalue weighted by molar-refractivity contribution is 7.99. The number of benzene rings is 1. The van der Waals surface area contributed by atoms with Gasteiger partial charge in [-0.2, -0.15) is 0 Å². The first-order valence-electron chi connectivity index (χ1n) is 8.30. The molecule has 1 aromatic rings. The van der Waals surface area contributed by atoms with Crippen LogP contribution in [0.15, 0.2) is 29.2 Å². The predicted molar refractivity (Wildman–Crippen MR) is 94.0 cm³/mol. The highest BCUT2D eigenvalue weighted by Crippen LogP contribution is 2.24. The molecule has 1 unspecified atom stereocenters. The van der Waals surface area contributed by atoms with Gasteiger partial charge in [0.05, 0.1) is 0 Å². The Hall–Kier alpha value is -0.510. The van der Waals surface area contributed by atoms with Crippen LogP contribution in [0.5, 0.6) is 0 Å². The summed E-state index contributed by atoms with van der Waals surface area (Å²) in [4.78, 5) is 3.96. The van der Waals surface area contributed by atoms with Crippen molar-refractivity contribution in [3.8, 4) is 0 Å². The summed E-state index contributed by atoms with van der Waals surface area (Å²) in [5.74, 6) is 1.23. The van der Waals surface area contributed by atoms with Gasteiger partial charge in [-0.25, -0.2) is 0 Å². The smallest absolute Gasteiger partial charge is 0.0208 e. The first-order chi connectivity index (χ1) is 10.1. The van der Waals surface area contributed by atoms with Gasteiger partial charge in [-0.1, -0.05) is 32.4 Å². The maximum atomic E-state index is 3.49. The molecule has 1 fully saturated rings. The second kappa shape index (κ2) is 8.82. The van der Waals surface area contributed by atoms with Crippen molar-refractivity contribution in [2.24, 2.45) is 0 Å². The molecule has 0 radical (unpaired) electrons. The number of hydrogen-bond acceptors (Lipinski definition) is 3. The highest BCUT2D eigenvalue weighted by Gasteiger charge is 2.18. The average molecular weight is 307 g/mol. The number of likely N-dealkylation sites (tertiary alicyclic amines) is 1. The van der Waals surface area contributed by atoms with Crippen molar-refractivity contribution in [3.63, 3.8) is 0 Å². The predicted octanol–water partition coefficient (Wildman–Crippen LogP) is 4.15. The summed E-state index contributed by atoms with van der Waals surface area (Å²) in [6, 6.07) is 10.3. The van der Waals surface area contributed by atoms with Gasteiger partial charge in [0.1, 0.15) is 0 Å². The molecule has 0 amide bonds. The number of nitrogens with zero attached hydrogens (tertiary/aromatic N) is 1. The monoisotopic (exact) mass is 306 g/mol. The molecule has 1 saturated heterocycles. The van der Waals surface area contributed by atoms with Crippen LogP contribution in [0.3, 0.4) is 0 Å². The summed E-state index contributed by atoms with van der Waals surface area (Å²) in [5.41, 5.74) is 1.39. The van der Waals surface area contributed by atoms with Crippen molar-refractivity contribution in [2.45, 2.75) is 63.1 Å². The number of nitrogens with one attached hydrogen (secondary N) is 1. The lowest BCUT2D eigenvalue weighted by atomic mass is 10.0. The molecule has 0 saturated carbocycles. The molecule has 1 aromatic carbocycles. The van der Waals surface area contributed by atoms with E-state index in [-0.39, 0.29) is 0 Å². The molecule has 0 aromatic heterocycles. The van der Waals surface area contributed by atoms with Crippen molar-refractivity contribution in [1.29, 1.82) is 0 Å². The van der Waals surface area contributed by atoms with E-state index in [1.54, 1.807) is 0 Å². The van der Waals surface area contributed by atoms with Gasteiger partial charge >= 0.3 is 0 Å². The molecule has 1 aliphatic rings. The molecule has 2 rings (SSSR count). The Balaban J connectivity index is 1.76. The summed E-state index contributed by atoms with van der Waals surface area (Å²) in [5, 5.41) is 3.49. The topological polar surface area (TPSA) is 15.3 Å². The van der Waals surface area contributed by atoms with Gasteiger partial charge in [0, 0.05) is 23.5 Å². The van der Waals surface area contributed by atoms with Crippen LogP contribution in [0, 0.1) is 0 Å². The summed E-state index contributed by atoms with van der Waals surface area (Å²) >= 11 is 2.01. The van der Waals surface area contributed by atoms with E-state index in [1.165, 1.54) is 48.4 Å². The Morgan fingerprint density at radius 3 is 2.95 bits per heavy atom. The molecule has 118 valence electrons. The maximum absolute atomic E-state index is 3.49. The third-order valence-corrected chi connectivity index (χ3v) is 5.28. The summed E-state index contributed by atoms with van der Waals surface area (Å²) in [6.45, 7) is 6.64. The van der Waals surface area contributed by atoms with Gasteiger partial charge < -0.3 is 10.2 Å². The Morgan fingerprint density at radius 2 is 2.19 bits per heavy atom. The normalized spacial score (nSPS) is 20.1. The number of thioether (sulfide) groups is 1. The van der Waals surface area contributed by atoms with Gasteiger partial charge in [0.2, 0.25) is 0 Å².